The van der Waals surface area contributed by atoms with E-state index >= 15 is 0 Å². The number of fused-ring (bicyclic) bond motifs is 1. The average molecular weight is 419 g/mol. The highest BCUT2D eigenvalue weighted by Crippen LogP contribution is 2.21. The third kappa shape index (κ3) is 4.48. The average Bonchev–Trinajstić information content (AvgIpc) is 3.12. The number of para-hydroxylation sites is 2. The molecule has 0 saturated carbocycles. The van der Waals surface area contributed by atoms with Crippen molar-refractivity contribution in [2.75, 3.05) is 0 Å². The molecule has 1 amide bonds. The van der Waals surface area contributed by atoms with Gasteiger partial charge in [-0.1, -0.05) is 49.4 Å². The number of aryl methyl sites for hydroxylation is 1. The van der Waals surface area contributed by atoms with Gasteiger partial charge in [-0.25, -0.2) is 13.8 Å². The van der Waals surface area contributed by atoms with Crippen molar-refractivity contribution < 1.29 is 13.6 Å². The predicted octanol–water partition coefficient (Wildman–Crippen LogP) is 5.57. The molecule has 1 aromatic heterocycles. The van der Waals surface area contributed by atoms with Crippen LogP contribution in [-0.4, -0.2) is 20.4 Å². The molecule has 0 bridgehead atoms. The van der Waals surface area contributed by atoms with E-state index in [9.17, 15) is 13.6 Å². The molecule has 0 saturated heterocycles. The van der Waals surface area contributed by atoms with E-state index in [4.69, 9.17) is 4.98 Å². The Morgan fingerprint density at radius 1 is 0.968 bits per heavy atom. The molecular weight excluding hydrogens is 396 g/mol. The summed E-state index contributed by atoms with van der Waals surface area (Å²) in [5, 5.41) is 0. The number of amides is 1. The molecule has 4 aromatic rings. The Balaban J connectivity index is 1.74. The largest absolute Gasteiger partial charge is 0.327 e. The van der Waals surface area contributed by atoms with Crippen LogP contribution >= 0.6 is 0 Å². The maximum atomic E-state index is 14.4. The van der Waals surface area contributed by atoms with Crippen LogP contribution in [0.3, 0.4) is 0 Å². The van der Waals surface area contributed by atoms with Gasteiger partial charge >= 0.3 is 0 Å². The summed E-state index contributed by atoms with van der Waals surface area (Å²) >= 11 is 0. The number of benzene rings is 3. The quantitative estimate of drug-likeness (QED) is 0.393. The normalized spacial score (nSPS) is 11.1. The van der Waals surface area contributed by atoms with Crippen LogP contribution in [0.5, 0.6) is 0 Å². The summed E-state index contributed by atoms with van der Waals surface area (Å²) in [5.74, 6) is -1.26. The first-order valence-electron chi connectivity index (χ1n) is 10.3. The Hall–Kier alpha value is -3.54. The molecule has 0 fully saturated rings. The minimum Gasteiger partial charge on any atom is -0.327 e. The molecule has 4 nitrogen and oxygen atoms in total. The van der Waals surface area contributed by atoms with Gasteiger partial charge in [0.05, 0.1) is 23.1 Å². The van der Waals surface area contributed by atoms with Crippen molar-refractivity contribution in [3.63, 3.8) is 0 Å². The highest BCUT2D eigenvalue weighted by atomic mass is 19.1. The van der Waals surface area contributed by atoms with Gasteiger partial charge in [0.15, 0.2) is 0 Å². The minimum absolute atomic E-state index is 0.179. The number of halogens is 2. The number of imidazole rings is 1. The van der Waals surface area contributed by atoms with Crippen LogP contribution in [0, 0.1) is 11.6 Å². The second-order valence-corrected chi connectivity index (χ2v) is 7.44. The zero-order valence-electron chi connectivity index (χ0n) is 17.3. The van der Waals surface area contributed by atoms with Gasteiger partial charge in [-0.15, -0.1) is 0 Å². The van der Waals surface area contributed by atoms with Gasteiger partial charge in [-0.05, 0) is 42.3 Å². The number of carbonyl (C=O) groups is 1. The fourth-order valence-electron chi connectivity index (χ4n) is 3.72. The summed E-state index contributed by atoms with van der Waals surface area (Å²) in [6.45, 7) is 3.26. The van der Waals surface area contributed by atoms with Crippen LogP contribution in [0.4, 0.5) is 8.78 Å². The van der Waals surface area contributed by atoms with Crippen molar-refractivity contribution in [1.29, 1.82) is 0 Å². The molecule has 0 aliphatic heterocycles. The standard InChI is InChI=1S/C25H23F2N3O/c1-2-14-30-23-11-7-6-10-22(23)28-24(30)17-29(16-18-8-4-3-5-9-18)25(31)20-15-19(26)12-13-21(20)27/h3-13,15H,2,14,16-17H2,1H3. The molecule has 1 heterocycles. The van der Waals surface area contributed by atoms with E-state index in [0.717, 1.165) is 47.8 Å². The van der Waals surface area contributed by atoms with E-state index in [2.05, 4.69) is 11.5 Å². The fourth-order valence-corrected chi connectivity index (χ4v) is 3.72. The second kappa shape index (κ2) is 9.08. The Morgan fingerprint density at radius 3 is 2.48 bits per heavy atom. The van der Waals surface area contributed by atoms with Gasteiger partial charge in [0, 0.05) is 13.1 Å². The van der Waals surface area contributed by atoms with E-state index in [1.165, 1.54) is 4.90 Å². The number of carbonyl (C=O) groups excluding carboxylic acids is 1. The van der Waals surface area contributed by atoms with E-state index in [1.807, 2.05) is 54.6 Å². The van der Waals surface area contributed by atoms with E-state index < -0.39 is 17.5 Å². The molecule has 4 rings (SSSR count). The SMILES string of the molecule is CCCn1c(CN(Cc2ccccc2)C(=O)c2cc(F)ccc2F)nc2ccccc21. The first kappa shape index (κ1) is 20.7. The smallest absolute Gasteiger partial charge is 0.257 e. The third-order valence-electron chi connectivity index (χ3n) is 5.18. The minimum atomic E-state index is -0.744. The Labute approximate surface area is 179 Å². The maximum Gasteiger partial charge on any atom is 0.257 e. The van der Waals surface area contributed by atoms with E-state index in [1.54, 1.807) is 0 Å². The highest BCUT2D eigenvalue weighted by Gasteiger charge is 2.23. The summed E-state index contributed by atoms with van der Waals surface area (Å²) in [5.41, 5.74) is 2.44. The second-order valence-electron chi connectivity index (χ2n) is 7.44. The molecule has 0 spiro atoms. The number of aromatic nitrogens is 2. The molecule has 0 aliphatic rings. The van der Waals surface area contributed by atoms with E-state index in [0.29, 0.717) is 5.82 Å². The molecule has 0 N–H and O–H groups in total. The van der Waals surface area contributed by atoms with Crippen LogP contribution in [0.15, 0.2) is 72.8 Å². The molecule has 158 valence electrons. The topological polar surface area (TPSA) is 38.1 Å². The number of rotatable bonds is 7. The molecule has 0 aliphatic carbocycles. The summed E-state index contributed by atoms with van der Waals surface area (Å²) in [6.07, 6.45) is 0.901. The number of nitrogens with zero attached hydrogens (tertiary/aromatic N) is 3. The van der Waals surface area contributed by atoms with Crippen LogP contribution in [0.2, 0.25) is 0 Å². The lowest BCUT2D eigenvalue weighted by atomic mass is 10.1. The van der Waals surface area contributed by atoms with Crippen LogP contribution in [0.1, 0.15) is 35.1 Å². The molecular formula is C25H23F2N3O. The van der Waals surface area contributed by atoms with Gasteiger partial charge in [0.2, 0.25) is 0 Å². The van der Waals surface area contributed by atoms with Gasteiger partial charge in [-0.2, -0.15) is 0 Å². The van der Waals surface area contributed by atoms with Crippen molar-refractivity contribution >= 4 is 16.9 Å². The van der Waals surface area contributed by atoms with Crippen molar-refractivity contribution in [2.24, 2.45) is 0 Å². The predicted molar refractivity (Wildman–Crippen MR) is 116 cm³/mol. The van der Waals surface area contributed by atoms with Gasteiger partial charge in [0.1, 0.15) is 17.5 Å². The molecule has 0 radical (unpaired) electrons. The number of hydrogen-bond donors (Lipinski definition) is 0. The Morgan fingerprint density at radius 2 is 1.71 bits per heavy atom. The lowest BCUT2D eigenvalue weighted by Crippen LogP contribution is -2.32. The van der Waals surface area contributed by atoms with Gasteiger partial charge < -0.3 is 9.47 Å². The summed E-state index contributed by atoms with van der Waals surface area (Å²) in [6, 6.07) is 20.2. The first-order valence-corrected chi connectivity index (χ1v) is 10.3. The molecule has 3 aromatic carbocycles. The maximum absolute atomic E-state index is 14.4. The number of hydrogen-bond acceptors (Lipinski definition) is 2. The Kier molecular flexibility index (Phi) is 6.07. The zero-order valence-corrected chi connectivity index (χ0v) is 17.3. The zero-order chi connectivity index (χ0) is 21.8. The van der Waals surface area contributed by atoms with Crippen molar-refractivity contribution in [3.05, 3.63) is 101 Å². The van der Waals surface area contributed by atoms with Crippen molar-refractivity contribution in [1.82, 2.24) is 14.5 Å². The molecule has 0 atom stereocenters. The molecule has 31 heavy (non-hydrogen) atoms. The third-order valence-corrected chi connectivity index (χ3v) is 5.18. The lowest BCUT2D eigenvalue weighted by Gasteiger charge is -2.23. The monoisotopic (exact) mass is 419 g/mol. The summed E-state index contributed by atoms with van der Waals surface area (Å²) in [4.78, 5) is 19.5. The van der Waals surface area contributed by atoms with Crippen LogP contribution < -0.4 is 0 Å². The van der Waals surface area contributed by atoms with Crippen molar-refractivity contribution in [2.45, 2.75) is 33.0 Å². The summed E-state index contributed by atoms with van der Waals surface area (Å²) < 4.78 is 30.3. The van der Waals surface area contributed by atoms with Gasteiger partial charge in [0.25, 0.3) is 5.91 Å². The van der Waals surface area contributed by atoms with Crippen LogP contribution in [-0.2, 0) is 19.6 Å². The highest BCUT2D eigenvalue weighted by molar-refractivity contribution is 5.94. The van der Waals surface area contributed by atoms with Crippen molar-refractivity contribution in [3.8, 4) is 0 Å². The Bertz CT molecular complexity index is 1200. The van der Waals surface area contributed by atoms with Gasteiger partial charge in [-0.3, -0.25) is 4.79 Å². The van der Waals surface area contributed by atoms with E-state index in [-0.39, 0.29) is 18.7 Å². The lowest BCUT2D eigenvalue weighted by molar-refractivity contribution is 0.0718. The molecule has 0 unspecified atom stereocenters. The van der Waals surface area contributed by atoms with Crippen LogP contribution in [0.25, 0.3) is 11.0 Å². The molecule has 6 heteroatoms. The summed E-state index contributed by atoms with van der Waals surface area (Å²) in [7, 11) is 0. The fraction of sp³-hybridized carbons (Fsp3) is 0.200. The first-order chi connectivity index (χ1) is 15.1.